The molecule has 3 rings (SSSR count). The van der Waals surface area contributed by atoms with Gasteiger partial charge in [0.15, 0.2) is 0 Å². The second kappa shape index (κ2) is 4.40. The Morgan fingerprint density at radius 3 is 2.63 bits per heavy atom. The Morgan fingerprint density at radius 1 is 1.11 bits per heavy atom. The Hall–Kier alpha value is -1.24. The van der Waals surface area contributed by atoms with Crippen molar-refractivity contribution < 1.29 is 4.74 Å². The van der Waals surface area contributed by atoms with Gasteiger partial charge in [0.25, 0.3) is 0 Å². The molecule has 0 bridgehead atoms. The fourth-order valence-corrected chi connectivity index (χ4v) is 4.21. The summed E-state index contributed by atoms with van der Waals surface area (Å²) in [6.45, 7) is 6.93. The van der Waals surface area contributed by atoms with Crippen molar-refractivity contribution in [3.8, 4) is 5.75 Å². The molecule has 0 N–H and O–H groups in total. The van der Waals surface area contributed by atoms with Crippen LogP contribution in [0.5, 0.6) is 5.75 Å². The zero-order chi connectivity index (χ0) is 13.6. The fourth-order valence-electron chi connectivity index (χ4n) is 4.21. The second-order valence-electron chi connectivity index (χ2n) is 6.42. The smallest absolute Gasteiger partial charge is 0.122 e. The molecule has 0 saturated carbocycles. The summed E-state index contributed by atoms with van der Waals surface area (Å²) in [5.74, 6) is 1.05. The van der Waals surface area contributed by atoms with E-state index in [0.717, 1.165) is 5.75 Å². The highest BCUT2D eigenvalue weighted by molar-refractivity contribution is 5.52. The molecule has 0 radical (unpaired) electrons. The Balaban J connectivity index is 2.21. The highest BCUT2D eigenvalue weighted by Gasteiger charge is 2.39. The molecule has 1 heteroatoms. The SMILES string of the molecule is COc1cc2c(cc1C)CCC1=C(C)CCCC12C. The predicted octanol–water partition coefficient (Wildman–Crippen LogP) is 4.71. The normalized spacial score (nSPS) is 25.9. The minimum Gasteiger partial charge on any atom is -0.496 e. The third kappa shape index (κ3) is 1.82. The zero-order valence-electron chi connectivity index (χ0n) is 12.6. The van der Waals surface area contributed by atoms with E-state index in [-0.39, 0.29) is 5.41 Å². The molecule has 2 aliphatic rings. The number of allylic oxidation sites excluding steroid dienone is 2. The monoisotopic (exact) mass is 256 g/mol. The summed E-state index contributed by atoms with van der Waals surface area (Å²) in [6, 6.07) is 4.66. The Morgan fingerprint density at radius 2 is 1.89 bits per heavy atom. The van der Waals surface area contributed by atoms with Crippen molar-refractivity contribution in [2.75, 3.05) is 7.11 Å². The standard InChI is InChI=1S/C18H24O/c1-12-6-5-9-18(3)15(12)8-7-14-10-13(2)17(19-4)11-16(14)18/h10-11H,5-9H2,1-4H3. The van der Waals surface area contributed by atoms with E-state index in [1.54, 1.807) is 23.8 Å². The first-order valence-corrected chi connectivity index (χ1v) is 7.43. The van der Waals surface area contributed by atoms with Crippen LogP contribution in [0.2, 0.25) is 0 Å². The van der Waals surface area contributed by atoms with Gasteiger partial charge in [0.1, 0.15) is 5.75 Å². The summed E-state index contributed by atoms with van der Waals surface area (Å²) in [4.78, 5) is 0. The van der Waals surface area contributed by atoms with Gasteiger partial charge >= 0.3 is 0 Å². The van der Waals surface area contributed by atoms with Crippen LogP contribution >= 0.6 is 0 Å². The topological polar surface area (TPSA) is 9.23 Å². The second-order valence-corrected chi connectivity index (χ2v) is 6.42. The maximum absolute atomic E-state index is 5.55. The van der Waals surface area contributed by atoms with Crippen LogP contribution in [0, 0.1) is 6.92 Å². The number of hydrogen-bond acceptors (Lipinski definition) is 1. The van der Waals surface area contributed by atoms with E-state index in [2.05, 4.69) is 32.9 Å². The maximum atomic E-state index is 5.55. The average molecular weight is 256 g/mol. The van der Waals surface area contributed by atoms with Crippen molar-refractivity contribution in [3.63, 3.8) is 0 Å². The summed E-state index contributed by atoms with van der Waals surface area (Å²) in [5.41, 5.74) is 7.94. The van der Waals surface area contributed by atoms with Gasteiger partial charge in [0.2, 0.25) is 0 Å². The first-order valence-electron chi connectivity index (χ1n) is 7.43. The van der Waals surface area contributed by atoms with Crippen molar-refractivity contribution in [1.82, 2.24) is 0 Å². The van der Waals surface area contributed by atoms with Gasteiger partial charge in [0, 0.05) is 5.41 Å². The molecule has 1 nitrogen and oxygen atoms in total. The van der Waals surface area contributed by atoms with Crippen LogP contribution in [-0.4, -0.2) is 7.11 Å². The van der Waals surface area contributed by atoms with Crippen molar-refractivity contribution >= 4 is 0 Å². The van der Waals surface area contributed by atoms with Crippen LogP contribution in [0.15, 0.2) is 23.3 Å². The Labute approximate surface area is 116 Å². The lowest BCUT2D eigenvalue weighted by molar-refractivity contribution is 0.397. The number of methoxy groups -OCH3 is 1. The van der Waals surface area contributed by atoms with Crippen LogP contribution < -0.4 is 4.74 Å². The minimum atomic E-state index is 0.261. The molecule has 0 amide bonds. The zero-order valence-corrected chi connectivity index (χ0v) is 12.6. The quantitative estimate of drug-likeness (QED) is 0.661. The molecule has 0 aromatic heterocycles. The van der Waals surface area contributed by atoms with Gasteiger partial charge in [-0.25, -0.2) is 0 Å². The number of fused-ring (bicyclic) bond motifs is 3. The molecule has 1 unspecified atom stereocenters. The molecule has 0 aliphatic heterocycles. The first kappa shape index (κ1) is 12.8. The van der Waals surface area contributed by atoms with E-state index in [1.165, 1.54) is 43.2 Å². The number of rotatable bonds is 1. The molecule has 2 aliphatic carbocycles. The van der Waals surface area contributed by atoms with E-state index < -0.39 is 0 Å². The van der Waals surface area contributed by atoms with Crippen LogP contribution in [0.25, 0.3) is 0 Å². The molecule has 1 aromatic rings. The average Bonchev–Trinajstić information content (AvgIpc) is 2.37. The third-order valence-electron chi connectivity index (χ3n) is 5.27. The van der Waals surface area contributed by atoms with Gasteiger partial charge in [-0.1, -0.05) is 24.1 Å². The fraction of sp³-hybridized carbons (Fsp3) is 0.556. The van der Waals surface area contributed by atoms with Crippen molar-refractivity contribution in [3.05, 3.63) is 40.0 Å². The molecule has 0 fully saturated rings. The predicted molar refractivity (Wildman–Crippen MR) is 80.0 cm³/mol. The lowest BCUT2D eigenvalue weighted by atomic mass is 9.61. The molecule has 0 saturated heterocycles. The number of aryl methyl sites for hydroxylation is 2. The van der Waals surface area contributed by atoms with Gasteiger partial charge < -0.3 is 4.74 Å². The van der Waals surface area contributed by atoms with Gasteiger partial charge in [0.05, 0.1) is 7.11 Å². The number of benzene rings is 1. The summed E-state index contributed by atoms with van der Waals surface area (Å²) >= 11 is 0. The summed E-state index contributed by atoms with van der Waals surface area (Å²) in [7, 11) is 1.78. The van der Waals surface area contributed by atoms with Gasteiger partial charge in [-0.2, -0.15) is 0 Å². The molecule has 0 heterocycles. The number of ether oxygens (including phenoxy) is 1. The lowest BCUT2D eigenvalue weighted by Gasteiger charge is -2.43. The number of hydrogen-bond donors (Lipinski definition) is 0. The summed E-state index contributed by atoms with van der Waals surface area (Å²) in [5, 5.41) is 0. The van der Waals surface area contributed by atoms with Crippen molar-refractivity contribution in [2.45, 2.75) is 58.3 Å². The molecule has 102 valence electrons. The first-order chi connectivity index (χ1) is 9.06. The molecular formula is C18H24O. The highest BCUT2D eigenvalue weighted by Crippen LogP contribution is 2.50. The van der Waals surface area contributed by atoms with E-state index >= 15 is 0 Å². The Kier molecular flexibility index (Phi) is 2.96. The minimum absolute atomic E-state index is 0.261. The molecule has 1 aromatic carbocycles. The van der Waals surface area contributed by atoms with Crippen molar-refractivity contribution in [2.24, 2.45) is 0 Å². The highest BCUT2D eigenvalue weighted by atomic mass is 16.5. The van der Waals surface area contributed by atoms with Gasteiger partial charge in [-0.3, -0.25) is 0 Å². The molecule has 19 heavy (non-hydrogen) atoms. The van der Waals surface area contributed by atoms with E-state index in [9.17, 15) is 0 Å². The van der Waals surface area contributed by atoms with Crippen LogP contribution in [-0.2, 0) is 11.8 Å². The van der Waals surface area contributed by atoms with Crippen molar-refractivity contribution in [1.29, 1.82) is 0 Å². The maximum Gasteiger partial charge on any atom is 0.122 e. The largest absolute Gasteiger partial charge is 0.496 e. The van der Waals surface area contributed by atoms with Gasteiger partial charge in [-0.15, -0.1) is 0 Å². The lowest BCUT2D eigenvalue weighted by Crippen LogP contribution is -2.33. The van der Waals surface area contributed by atoms with Crippen LogP contribution in [0.1, 0.15) is 56.2 Å². The van der Waals surface area contributed by atoms with E-state index in [1.807, 2.05) is 0 Å². The van der Waals surface area contributed by atoms with E-state index in [4.69, 9.17) is 4.74 Å². The summed E-state index contributed by atoms with van der Waals surface area (Å²) in [6.07, 6.45) is 6.35. The van der Waals surface area contributed by atoms with E-state index in [0.29, 0.717) is 0 Å². The van der Waals surface area contributed by atoms with Crippen LogP contribution in [0.4, 0.5) is 0 Å². The molecule has 0 spiro atoms. The summed E-state index contributed by atoms with van der Waals surface area (Å²) < 4.78 is 5.55. The van der Waals surface area contributed by atoms with Crippen LogP contribution in [0.3, 0.4) is 0 Å². The Bertz CT molecular complexity index is 553. The molecular weight excluding hydrogens is 232 g/mol. The van der Waals surface area contributed by atoms with Gasteiger partial charge in [-0.05, 0) is 68.7 Å². The third-order valence-corrected chi connectivity index (χ3v) is 5.27. The molecule has 1 atom stereocenters.